The number of rotatable bonds is 6. The molecule has 2 aromatic carbocycles. The van der Waals surface area contributed by atoms with Crippen molar-refractivity contribution in [2.24, 2.45) is 17.8 Å². The van der Waals surface area contributed by atoms with E-state index in [4.69, 9.17) is 16.7 Å². The molecule has 8 heteroatoms. The molecule has 0 aliphatic heterocycles. The van der Waals surface area contributed by atoms with Gasteiger partial charge in [0.1, 0.15) is 10.8 Å². The number of carbonyl (C=O) groups excluding carboxylic acids is 1. The lowest BCUT2D eigenvalue weighted by molar-refractivity contribution is -0.00765. The molecule has 1 N–H and O–H groups in total. The lowest BCUT2D eigenvalue weighted by Crippen LogP contribution is -2.49. The van der Waals surface area contributed by atoms with Crippen molar-refractivity contribution in [1.82, 2.24) is 19.6 Å². The van der Waals surface area contributed by atoms with E-state index in [-0.39, 0.29) is 17.1 Å². The normalized spacial score (nSPS) is 25.6. The second-order valence-electron chi connectivity index (χ2n) is 11.5. The summed E-state index contributed by atoms with van der Waals surface area (Å²) in [5, 5.41) is 12.9. The van der Waals surface area contributed by atoms with Crippen LogP contribution in [0.1, 0.15) is 60.1 Å². The van der Waals surface area contributed by atoms with Crippen molar-refractivity contribution in [3.8, 4) is 5.69 Å². The summed E-state index contributed by atoms with van der Waals surface area (Å²) in [6.45, 7) is 0.417. The van der Waals surface area contributed by atoms with Crippen molar-refractivity contribution in [2.75, 3.05) is 5.32 Å². The summed E-state index contributed by atoms with van der Waals surface area (Å²) in [5.41, 5.74) is 3.28. The average Bonchev–Trinajstić information content (AvgIpc) is 3.50. The number of halogens is 2. The second-order valence-corrected chi connectivity index (χ2v) is 11.9. The fourth-order valence-electron chi connectivity index (χ4n) is 7.56. The summed E-state index contributed by atoms with van der Waals surface area (Å²) >= 11 is 6.49. The molecule has 4 bridgehead atoms. The van der Waals surface area contributed by atoms with Crippen LogP contribution in [0.3, 0.4) is 0 Å². The first kappa shape index (κ1) is 23.7. The largest absolute Gasteiger partial charge is 0.304 e. The number of hydrogen-bond acceptors (Lipinski definition) is 3. The van der Waals surface area contributed by atoms with Crippen LogP contribution < -0.4 is 5.32 Å². The Hall–Kier alpha value is -3.45. The lowest BCUT2D eigenvalue weighted by atomic mass is 9.48. The number of carbonyl (C=O) groups is 1. The minimum Gasteiger partial charge on any atom is -0.304 e. The maximum absolute atomic E-state index is 13.8. The fourth-order valence-corrected chi connectivity index (χ4v) is 7.76. The zero-order valence-electron chi connectivity index (χ0n) is 21.0. The van der Waals surface area contributed by atoms with E-state index in [1.54, 1.807) is 23.0 Å². The predicted molar refractivity (Wildman–Crippen MR) is 144 cm³/mol. The van der Waals surface area contributed by atoms with E-state index in [0.717, 1.165) is 54.0 Å². The van der Waals surface area contributed by atoms with Crippen LogP contribution in [-0.4, -0.2) is 25.5 Å². The van der Waals surface area contributed by atoms with Crippen LogP contribution in [-0.2, 0) is 12.0 Å². The summed E-state index contributed by atoms with van der Waals surface area (Å²) in [5.74, 6) is 1.97. The van der Waals surface area contributed by atoms with Crippen molar-refractivity contribution < 1.29 is 9.18 Å². The van der Waals surface area contributed by atoms with E-state index in [1.807, 2.05) is 41.2 Å². The van der Waals surface area contributed by atoms with Gasteiger partial charge in [-0.1, -0.05) is 41.9 Å². The Morgan fingerprint density at radius 2 is 1.61 bits per heavy atom. The number of benzene rings is 2. The van der Waals surface area contributed by atoms with Crippen molar-refractivity contribution in [3.05, 3.63) is 94.7 Å². The van der Waals surface area contributed by atoms with Gasteiger partial charge in [0.2, 0.25) is 0 Å². The first-order valence-electron chi connectivity index (χ1n) is 13.4. The summed E-state index contributed by atoms with van der Waals surface area (Å²) in [6, 6.07) is 16.2. The van der Waals surface area contributed by atoms with Gasteiger partial charge in [0, 0.05) is 17.8 Å². The van der Waals surface area contributed by atoms with E-state index in [1.165, 1.54) is 31.4 Å². The molecule has 2 heterocycles. The van der Waals surface area contributed by atoms with E-state index in [2.05, 4.69) is 10.4 Å². The highest BCUT2D eigenvalue weighted by atomic mass is 35.5. The van der Waals surface area contributed by atoms with Crippen LogP contribution in [0.15, 0.2) is 67.0 Å². The molecule has 1 amide bonds. The highest BCUT2D eigenvalue weighted by Crippen LogP contribution is 2.61. The Kier molecular flexibility index (Phi) is 5.65. The highest BCUT2D eigenvalue weighted by molar-refractivity contribution is 6.33. The molecule has 4 aromatic rings. The third-order valence-electron chi connectivity index (χ3n) is 8.73. The SMILES string of the molecule is O=C(Nc1nn(Cc2ccc(F)cc2)cc1Cl)c1cn(-c2ccccc2)nc1C12CC3CC(CC(C3)C1)C2. The van der Waals surface area contributed by atoms with Gasteiger partial charge in [0.15, 0.2) is 5.82 Å². The molecule has 0 radical (unpaired) electrons. The minimum absolute atomic E-state index is 0.0484. The third-order valence-corrected chi connectivity index (χ3v) is 9.00. The predicted octanol–water partition coefficient (Wildman–Crippen LogP) is 6.63. The third kappa shape index (κ3) is 4.23. The number of anilines is 1. The molecule has 0 atom stereocenters. The molecule has 8 rings (SSSR count). The second kappa shape index (κ2) is 9.09. The molecular formula is C30H29ClFN5O. The zero-order valence-corrected chi connectivity index (χ0v) is 21.7. The molecule has 2 aromatic heterocycles. The van der Waals surface area contributed by atoms with Crippen LogP contribution >= 0.6 is 11.6 Å². The van der Waals surface area contributed by atoms with Crippen molar-refractivity contribution in [1.29, 1.82) is 0 Å². The molecule has 4 saturated carbocycles. The van der Waals surface area contributed by atoms with Gasteiger partial charge in [-0.25, -0.2) is 9.07 Å². The van der Waals surface area contributed by atoms with Gasteiger partial charge < -0.3 is 5.32 Å². The zero-order chi connectivity index (χ0) is 25.9. The van der Waals surface area contributed by atoms with Gasteiger partial charge in [-0.05, 0) is 86.1 Å². The molecule has 4 fully saturated rings. The average molecular weight is 530 g/mol. The van der Waals surface area contributed by atoms with Gasteiger partial charge >= 0.3 is 0 Å². The number of nitrogens with zero attached hydrogens (tertiary/aromatic N) is 4. The van der Waals surface area contributed by atoms with Crippen LogP contribution in [0, 0.1) is 23.6 Å². The van der Waals surface area contributed by atoms with E-state index in [9.17, 15) is 9.18 Å². The summed E-state index contributed by atoms with van der Waals surface area (Å²) < 4.78 is 16.8. The quantitative estimate of drug-likeness (QED) is 0.305. The monoisotopic (exact) mass is 529 g/mol. The molecule has 6 nitrogen and oxygen atoms in total. The van der Waals surface area contributed by atoms with Crippen LogP contribution in [0.25, 0.3) is 5.69 Å². The Morgan fingerprint density at radius 3 is 2.26 bits per heavy atom. The van der Waals surface area contributed by atoms with E-state index >= 15 is 0 Å². The standard InChI is InChI=1S/C30H29ClFN5O/c31-26-18-36(16-19-6-8-23(32)9-7-19)35-28(26)33-29(38)25-17-37(24-4-2-1-3-5-24)34-27(25)30-13-20-10-21(14-30)12-22(11-20)15-30/h1-9,17-18,20-22H,10-16H2,(H,33,35,38). The molecule has 38 heavy (non-hydrogen) atoms. The number of hydrogen-bond donors (Lipinski definition) is 1. The molecular weight excluding hydrogens is 501 g/mol. The van der Waals surface area contributed by atoms with Crippen LogP contribution in [0.2, 0.25) is 5.02 Å². The van der Waals surface area contributed by atoms with Gasteiger partial charge in [-0.2, -0.15) is 10.2 Å². The van der Waals surface area contributed by atoms with Crippen LogP contribution in [0.5, 0.6) is 0 Å². The maximum atomic E-state index is 13.8. The van der Waals surface area contributed by atoms with Gasteiger partial charge in [-0.3, -0.25) is 9.48 Å². The van der Waals surface area contributed by atoms with Crippen molar-refractivity contribution in [3.63, 3.8) is 0 Å². The summed E-state index contributed by atoms with van der Waals surface area (Å²) in [7, 11) is 0. The molecule has 4 aliphatic rings. The van der Waals surface area contributed by atoms with E-state index < -0.39 is 0 Å². The van der Waals surface area contributed by atoms with Crippen LogP contribution in [0.4, 0.5) is 10.2 Å². The number of para-hydroxylation sites is 1. The first-order chi connectivity index (χ1) is 18.4. The van der Waals surface area contributed by atoms with E-state index in [0.29, 0.717) is 22.9 Å². The minimum atomic E-state index is -0.286. The van der Waals surface area contributed by atoms with Crippen molar-refractivity contribution in [2.45, 2.75) is 50.5 Å². The Balaban J connectivity index is 1.21. The summed E-state index contributed by atoms with van der Waals surface area (Å²) in [6.07, 6.45) is 10.8. The smallest absolute Gasteiger partial charge is 0.260 e. The molecule has 0 saturated heterocycles. The Labute approximate surface area is 225 Å². The Morgan fingerprint density at radius 1 is 0.947 bits per heavy atom. The van der Waals surface area contributed by atoms with Gasteiger partial charge in [0.25, 0.3) is 5.91 Å². The van der Waals surface area contributed by atoms with Gasteiger partial charge in [-0.15, -0.1) is 0 Å². The fraction of sp³-hybridized carbons (Fsp3) is 0.367. The molecule has 4 aliphatic carbocycles. The Bertz CT molecular complexity index is 1460. The number of amides is 1. The topological polar surface area (TPSA) is 64.7 Å². The molecule has 194 valence electrons. The first-order valence-corrected chi connectivity index (χ1v) is 13.8. The molecule has 0 spiro atoms. The summed E-state index contributed by atoms with van der Waals surface area (Å²) in [4.78, 5) is 13.8. The number of nitrogens with one attached hydrogen (secondary N) is 1. The molecule has 0 unspecified atom stereocenters. The number of aromatic nitrogens is 4. The van der Waals surface area contributed by atoms with Crippen molar-refractivity contribution >= 4 is 23.3 Å². The highest BCUT2D eigenvalue weighted by Gasteiger charge is 2.54. The maximum Gasteiger partial charge on any atom is 0.260 e. The van der Waals surface area contributed by atoms with Gasteiger partial charge in [0.05, 0.1) is 23.5 Å². The lowest BCUT2D eigenvalue weighted by Gasteiger charge is -2.56.